The predicted molar refractivity (Wildman–Crippen MR) is 77.9 cm³/mol. The SMILES string of the molecule is CC(C)N(Cc1cccc(Cl)n1)Cc1cccs1. The molecule has 2 nitrogen and oxygen atoms in total. The lowest BCUT2D eigenvalue weighted by Crippen LogP contribution is -2.29. The molecule has 0 saturated heterocycles. The van der Waals surface area contributed by atoms with Crippen molar-refractivity contribution < 1.29 is 0 Å². The first-order valence-electron chi connectivity index (χ1n) is 6.03. The van der Waals surface area contributed by atoms with Gasteiger partial charge in [0.05, 0.1) is 5.69 Å². The summed E-state index contributed by atoms with van der Waals surface area (Å²) in [6, 6.07) is 10.5. The van der Waals surface area contributed by atoms with E-state index < -0.39 is 0 Å². The van der Waals surface area contributed by atoms with Crippen LogP contribution in [0.1, 0.15) is 24.4 Å². The van der Waals surface area contributed by atoms with E-state index in [0.717, 1.165) is 18.8 Å². The number of nitrogens with zero attached hydrogens (tertiary/aromatic N) is 2. The summed E-state index contributed by atoms with van der Waals surface area (Å²) in [5.74, 6) is 0. The van der Waals surface area contributed by atoms with Crippen LogP contribution in [0.25, 0.3) is 0 Å². The van der Waals surface area contributed by atoms with Gasteiger partial charge < -0.3 is 0 Å². The third-order valence-corrected chi connectivity index (χ3v) is 3.88. The average molecular weight is 281 g/mol. The highest BCUT2D eigenvalue weighted by Crippen LogP contribution is 2.16. The van der Waals surface area contributed by atoms with E-state index in [2.05, 4.69) is 41.2 Å². The molecule has 0 spiro atoms. The van der Waals surface area contributed by atoms with Gasteiger partial charge in [-0.2, -0.15) is 0 Å². The monoisotopic (exact) mass is 280 g/mol. The number of aromatic nitrogens is 1. The Hall–Kier alpha value is -0.900. The molecule has 0 aliphatic rings. The summed E-state index contributed by atoms with van der Waals surface area (Å²) >= 11 is 7.72. The number of halogens is 1. The molecule has 0 amide bonds. The van der Waals surface area contributed by atoms with Crippen LogP contribution in [0.3, 0.4) is 0 Å². The molecule has 96 valence electrons. The molecule has 4 heteroatoms. The van der Waals surface area contributed by atoms with Crippen molar-refractivity contribution in [3.63, 3.8) is 0 Å². The predicted octanol–water partition coefficient (Wildman–Crippen LogP) is 4.21. The van der Waals surface area contributed by atoms with Crippen molar-refractivity contribution in [3.05, 3.63) is 51.4 Å². The molecule has 2 heterocycles. The Morgan fingerprint density at radius 3 is 2.67 bits per heavy atom. The third kappa shape index (κ3) is 3.80. The van der Waals surface area contributed by atoms with E-state index in [1.54, 1.807) is 11.3 Å². The lowest BCUT2D eigenvalue weighted by molar-refractivity contribution is 0.203. The Kier molecular flexibility index (Phi) is 4.75. The molecule has 18 heavy (non-hydrogen) atoms. The van der Waals surface area contributed by atoms with Crippen LogP contribution in [0.15, 0.2) is 35.7 Å². The lowest BCUT2D eigenvalue weighted by atomic mass is 10.2. The van der Waals surface area contributed by atoms with Crippen LogP contribution < -0.4 is 0 Å². The lowest BCUT2D eigenvalue weighted by Gasteiger charge is -2.25. The molecule has 2 rings (SSSR count). The Balaban J connectivity index is 2.07. The van der Waals surface area contributed by atoms with E-state index >= 15 is 0 Å². The van der Waals surface area contributed by atoms with Crippen LogP contribution in [0.4, 0.5) is 0 Å². The number of pyridine rings is 1. The normalized spacial score (nSPS) is 11.4. The van der Waals surface area contributed by atoms with Crippen molar-refractivity contribution in [2.45, 2.75) is 33.0 Å². The Morgan fingerprint density at radius 2 is 2.06 bits per heavy atom. The summed E-state index contributed by atoms with van der Waals surface area (Å²) in [5, 5.41) is 2.68. The Morgan fingerprint density at radius 1 is 1.22 bits per heavy atom. The maximum atomic E-state index is 5.92. The van der Waals surface area contributed by atoms with Gasteiger partial charge in [-0.05, 0) is 37.4 Å². The van der Waals surface area contributed by atoms with Gasteiger partial charge in [-0.3, -0.25) is 4.90 Å². The van der Waals surface area contributed by atoms with E-state index in [4.69, 9.17) is 11.6 Å². The first kappa shape index (κ1) is 13.5. The molecule has 2 aromatic heterocycles. The molecule has 0 saturated carbocycles. The van der Waals surface area contributed by atoms with Gasteiger partial charge in [-0.15, -0.1) is 11.3 Å². The fourth-order valence-corrected chi connectivity index (χ4v) is 2.68. The summed E-state index contributed by atoms with van der Waals surface area (Å²) in [6.45, 7) is 6.20. The number of rotatable bonds is 5. The number of hydrogen-bond donors (Lipinski definition) is 0. The van der Waals surface area contributed by atoms with Crippen molar-refractivity contribution in [1.82, 2.24) is 9.88 Å². The number of thiophene rings is 1. The molecule has 0 bridgehead atoms. The fourth-order valence-electron chi connectivity index (χ4n) is 1.77. The Bertz CT molecular complexity index is 482. The van der Waals surface area contributed by atoms with E-state index in [1.807, 2.05) is 18.2 Å². The first-order valence-corrected chi connectivity index (χ1v) is 7.29. The smallest absolute Gasteiger partial charge is 0.129 e. The van der Waals surface area contributed by atoms with E-state index in [9.17, 15) is 0 Å². The molecule has 0 aromatic carbocycles. The van der Waals surface area contributed by atoms with Crippen molar-refractivity contribution in [3.8, 4) is 0 Å². The topological polar surface area (TPSA) is 16.1 Å². The summed E-state index contributed by atoms with van der Waals surface area (Å²) in [5.41, 5.74) is 1.02. The van der Waals surface area contributed by atoms with Gasteiger partial charge in [-0.1, -0.05) is 23.7 Å². The highest BCUT2D eigenvalue weighted by molar-refractivity contribution is 7.09. The third-order valence-electron chi connectivity index (χ3n) is 2.81. The van der Waals surface area contributed by atoms with Crippen molar-refractivity contribution >= 4 is 22.9 Å². The number of hydrogen-bond acceptors (Lipinski definition) is 3. The van der Waals surface area contributed by atoms with Crippen molar-refractivity contribution in [2.75, 3.05) is 0 Å². The zero-order valence-corrected chi connectivity index (χ0v) is 12.2. The van der Waals surface area contributed by atoms with Crippen LogP contribution in [0, 0.1) is 0 Å². The summed E-state index contributed by atoms with van der Waals surface area (Å²) in [4.78, 5) is 8.13. The van der Waals surface area contributed by atoms with Crippen LogP contribution >= 0.6 is 22.9 Å². The van der Waals surface area contributed by atoms with Gasteiger partial charge in [0.25, 0.3) is 0 Å². The molecule has 0 radical (unpaired) electrons. The van der Waals surface area contributed by atoms with Gasteiger partial charge in [-0.25, -0.2) is 4.98 Å². The molecule has 0 aliphatic heterocycles. The zero-order valence-electron chi connectivity index (χ0n) is 10.6. The molecular weight excluding hydrogens is 264 g/mol. The molecular formula is C14H17ClN2S. The standard InChI is InChI=1S/C14H17ClN2S/c1-11(2)17(10-13-6-4-8-18-13)9-12-5-3-7-14(15)16-12/h3-8,11H,9-10H2,1-2H3. The molecule has 0 fully saturated rings. The second kappa shape index (κ2) is 6.32. The second-order valence-electron chi connectivity index (χ2n) is 4.53. The van der Waals surface area contributed by atoms with Crippen molar-refractivity contribution in [1.29, 1.82) is 0 Å². The fraction of sp³-hybridized carbons (Fsp3) is 0.357. The van der Waals surface area contributed by atoms with Crippen LogP contribution in [-0.2, 0) is 13.1 Å². The van der Waals surface area contributed by atoms with Gasteiger partial charge in [0, 0.05) is 24.0 Å². The van der Waals surface area contributed by atoms with Crippen LogP contribution in [0.5, 0.6) is 0 Å². The molecule has 0 atom stereocenters. The highest BCUT2D eigenvalue weighted by atomic mass is 35.5. The molecule has 0 N–H and O–H groups in total. The molecule has 0 unspecified atom stereocenters. The van der Waals surface area contributed by atoms with E-state index in [0.29, 0.717) is 11.2 Å². The minimum Gasteiger partial charge on any atom is -0.290 e. The minimum absolute atomic E-state index is 0.480. The van der Waals surface area contributed by atoms with Gasteiger partial charge in [0.1, 0.15) is 5.15 Å². The minimum atomic E-state index is 0.480. The van der Waals surface area contributed by atoms with Crippen LogP contribution in [-0.4, -0.2) is 15.9 Å². The summed E-state index contributed by atoms with van der Waals surface area (Å²) in [7, 11) is 0. The molecule has 2 aromatic rings. The van der Waals surface area contributed by atoms with E-state index in [1.165, 1.54) is 4.88 Å². The largest absolute Gasteiger partial charge is 0.290 e. The van der Waals surface area contributed by atoms with Crippen molar-refractivity contribution in [2.24, 2.45) is 0 Å². The first-order chi connectivity index (χ1) is 8.65. The van der Waals surface area contributed by atoms with Gasteiger partial charge in [0.2, 0.25) is 0 Å². The highest BCUT2D eigenvalue weighted by Gasteiger charge is 2.12. The average Bonchev–Trinajstić information content (AvgIpc) is 2.81. The summed E-state index contributed by atoms with van der Waals surface area (Å²) in [6.07, 6.45) is 0. The van der Waals surface area contributed by atoms with E-state index in [-0.39, 0.29) is 0 Å². The zero-order chi connectivity index (χ0) is 13.0. The quantitative estimate of drug-likeness (QED) is 0.763. The maximum absolute atomic E-state index is 5.92. The van der Waals surface area contributed by atoms with Gasteiger partial charge in [0.15, 0.2) is 0 Å². The van der Waals surface area contributed by atoms with Crippen LogP contribution in [0.2, 0.25) is 5.15 Å². The second-order valence-corrected chi connectivity index (χ2v) is 5.95. The maximum Gasteiger partial charge on any atom is 0.129 e. The molecule has 0 aliphatic carbocycles. The Labute approximate surface area is 117 Å². The summed E-state index contributed by atoms with van der Waals surface area (Å²) < 4.78 is 0. The van der Waals surface area contributed by atoms with Gasteiger partial charge >= 0.3 is 0 Å².